The van der Waals surface area contributed by atoms with Crippen LogP contribution in [0.15, 0.2) is 30.3 Å². The van der Waals surface area contributed by atoms with Gasteiger partial charge in [0.25, 0.3) is 0 Å². The highest BCUT2D eigenvalue weighted by atomic mass is 16.7. The van der Waals surface area contributed by atoms with Crippen LogP contribution >= 0.6 is 0 Å². The summed E-state index contributed by atoms with van der Waals surface area (Å²) in [4.78, 5) is 11.6. The van der Waals surface area contributed by atoms with E-state index in [1.165, 1.54) is 0 Å². The molecule has 1 fully saturated rings. The summed E-state index contributed by atoms with van der Waals surface area (Å²) < 4.78 is 16.9. The smallest absolute Gasteiger partial charge is 0.309 e. The molecule has 0 aliphatic carbocycles. The summed E-state index contributed by atoms with van der Waals surface area (Å²) in [6, 6.07) is 10.00. The number of benzene rings is 1. The Morgan fingerprint density at radius 2 is 2.05 bits per heavy atom. The molecule has 0 unspecified atom stereocenters. The molecular formula is C18H26O4. The molecule has 1 aliphatic heterocycles. The van der Waals surface area contributed by atoms with Gasteiger partial charge < -0.3 is 14.2 Å². The minimum atomic E-state index is -0.155. The van der Waals surface area contributed by atoms with Crippen LogP contribution in [-0.4, -0.2) is 25.0 Å². The molecule has 1 heterocycles. The summed E-state index contributed by atoms with van der Waals surface area (Å²) in [5, 5.41) is 0. The van der Waals surface area contributed by atoms with Gasteiger partial charge >= 0.3 is 5.97 Å². The summed E-state index contributed by atoms with van der Waals surface area (Å²) >= 11 is 0. The minimum absolute atomic E-state index is 0.0367. The zero-order chi connectivity index (χ0) is 15.9. The molecule has 1 aliphatic rings. The van der Waals surface area contributed by atoms with Gasteiger partial charge in [0.1, 0.15) is 12.9 Å². The molecule has 0 N–H and O–H groups in total. The molecular weight excluding hydrogens is 280 g/mol. The fourth-order valence-corrected chi connectivity index (χ4v) is 2.69. The zero-order valence-electron chi connectivity index (χ0n) is 13.7. The van der Waals surface area contributed by atoms with Gasteiger partial charge in [0.2, 0.25) is 0 Å². The first-order chi connectivity index (χ1) is 10.6. The second-order valence-electron chi connectivity index (χ2n) is 6.08. The molecule has 4 atom stereocenters. The lowest BCUT2D eigenvalue weighted by atomic mass is 9.93. The van der Waals surface area contributed by atoms with E-state index in [0.29, 0.717) is 12.5 Å². The molecule has 0 amide bonds. The molecule has 2 rings (SSSR count). The van der Waals surface area contributed by atoms with E-state index in [4.69, 9.17) is 14.2 Å². The average Bonchev–Trinajstić information content (AvgIpc) is 2.86. The first-order valence-corrected chi connectivity index (χ1v) is 8.05. The normalized spacial score (nSPS) is 24.0. The second kappa shape index (κ2) is 8.30. The maximum Gasteiger partial charge on any atom is 0.309 e. The Morgan fingerprint density at radius 3 is 2.64 bits per heavy atom. The van der Waals surface area contributed by atoms with Gasteiger partial charge in [-0.3, -0.25) is 4.79 Å². The quantitative estimate of drug-likeness (QED) is 0.418. The van der Waals surface area contributed by atoms with Crippen LogP contribution in [-0.2, 0) is 25.6 Å². The fourth-order valence-electron chi connectivity index (χ4n) is 2.69. The van der Waals surface area contributed by atoms with E-state index in [9.17, 15) is 4.79 Å². The number of ether oxygens (including phenoxy) is 3. The second-order valence-corrected chi connectivity index (χ2v) is 6.08. The van der Waals surface area contributed by atoms with Crippen LogP contribution in [0.2, 0.25) is 0 Å². The summed E-state index contributed by atoms with van der Waals surface area (Å²) in [6.07, 6.45) is 1.45. The Kier molecular flexibility index (Phi) is 6.40. The lowest BCUT2D eigenvalue weighted by molar-refractivity contribution is -0.165. The Bertz CT molecular complexity index is 459. The van der Waals surface area contributed by atoms with E-state index in [1.807, 2.05) is 37.3 Å². The summed E-state index contributed by atoms with van der Waals surface area (Å²) in [6.45, 7) is 6.88. The maximum atomic E-state index is 11.6. The Labute approximate surface area is 132 Å². The zero-order valence-corrected chi connectivity index (χ0v) is 13.7. The van der Waals surface area contributed by atoms with Crippen LogP contribution in [0.3, 0.4) is 0 Å². The van der Waals surface area contributed by atoms with Crippen LogP contribution in [0.25, 0.3) is 0 Å². The third kappa shape index (κ3) is 4.55. The number of cyclic esters (lactones) is 1. The first kappa shape index (κ1) is 17.0. The van der Waals surface area contributed by atoms with Crippen molar-refractivity contribution >= 4 is 5.97 Å². The molecule has 4 nitrogen and oxygen atoms in total. The molecule has 1 aromatic rings. The number of carbonyl (C=O) groups excluding carboxylic acids is 1. The number of hydrogen-bond acceptors (Lipinski definition) is 4. The molecule has 1 saturated heterocycles. The Balaban J connectivity index is 1.81. The van der Waals surface area contributed by atoms with E-state index in [0.717, 1.165) is 18.4 Å². The molecule has 0 radical (unpaired) electrons. The standard InChI is InChI=1S/C18H26O4/c1-4-13(2)17(16-10-14(3)18(19)22-16)21-12-20-11-15-8-6-5-7-9-15/h5-9,13-14,16-17H,4,10-12H2,1-3H3/t13-,14-,16+,17-/m1/s1. The molecule has 0 aromatic heterocycles. The Hall–Kier alpha value is -1.39. The van der Waals surface area contributed by atoms with Gasteiger partial charge in [-0.2, -0.15) is 0 Å². The van der Waals surface area contributed by atoms with Gasteiger partial charge in [-0.25, -0.2) is 0 Å². The highest BCUT2D eigenvalue weighted by Crippen LogP contribution is 2.29. The predicted molar refractivity (Wildman–Crippen MR) is 84.1 cm³/mol. The third-order valence-electron chi connectivity index (χ3n) is 4.28. The van der Waals surface area contributed by atoms with Crippen molar-refractivity contribution in [2.24, 2.45) is 11.8 Å². The van der Waals surface area contributed by atoms with E-state index >= 15 is 0 Å². The summed E-state index contributed by atoms with van der Waals surface area (Å²) in [7, 11) is 0. The van der Waals surface area contributed by atoms with Crippen LogP contribution in [0, 0.1) is 11.8 Å². The van der Waals surface area contributed by atoms with Crippen molar-refractivity contribution in [2.45, 2.75) is 52.4 Å². The number of hydrogen-bond donors (Lipinski definition) is 0. The fraction of sp³-hybridized carbons (Fsp3) is 0.611. The van der Waals surface area contributed by atoms with Gasteiger partial charge in [-0.15, -0.1) is 0 Å². The summed E-state index contributed by atoms with van der Waals surface area (Å²) in [5.41, 5.74) is 1.12. The molecule has 122 valence electrons. The van der Waals surface area contributed by atoms with Crippen molar-refractivity contribution < 1.29 is 19.0 Å². The van der Waals surface area contributed by atoms with Crippen LogP contribution < -0.4 is 0 Å². The minimum Gasteiger partial charge on any atom is -0.459 e. The van der Waals surface area contributed by atoms with E-state index < -0.39 is 0 Å². The lowest BCUT2D eigenvalue weighted by Gasteiger charge is -2.27. The van der Waals surface area contributed by atoms with Crippen molar-refractivity contribution in [1.82, 2.24) is 0 Å². The van der Waals surface area contributed by atoms with Crippen LogP contribution in [0.4, 0.5) is 0 Å². The first-order valence-electron chi connectivity index (χ1n) is 8.05. The summed E-state index contributed by atoms with van der Waals surface area (Å²) in [5.74, 6) is 0.168. The number of esters is 1. The number of carbonyl (C=O) groups is 1. The van der Waals surface area contributed by atoms with E-state index in [1.54, 1.807) is 0 Å². The molecule has 0 spiro atoms. The SMILES string of the molecule is CC[C@@H](C)[C@@H](OCOCc1ccccc1)[C@@H]1C[C@@H](C)C(=O)O1. The topological polar surface area (TPSA) is 44.8 Å². The molecule has 4 heteroatoms. The van der Waals surface area contributed by atoms with Gasteiger partial charge in [0, 0.05) is 0 Å². The van der Waals surface area contributed by atoms with Crippen molar-refractivity contribution in [3.05, 3.63) is 35.9 Å². The van der Waals surface area contributed by atoms with Crippen molar-refractivity contribution in [1.29, 1.82) is 0 Å². The average molecular weight is 306 g/mol. The monoisotopic (exact) mass is 306 g/mol. The van der Waals surface area contributed by atoms with Crippen molar-refractivity contribution in [3.63, 3.8) is 0 Å². The van der Waals surface area contributed by atoms with Crippen LogP contribution in [0.5, 0.6) is 0 Å². The molecule has 1 aromatic carbocycles. The maximum absolute atomic E-state index is 11.6. The van der Waals surface area contributed by atoms with Gasteiger partial charge in [0.15, 0.2) is 0 Å². The van der Waals surface area contributed by atoms with E-state index in [-0.39, 0.29) is 30.9 Å². The highest BCUT2D eigenvalue weighted by Gasteiger charge is 2.38. The van der Waals surface area contributed by atoms with Crippen molar-refractivity contribution in [3.8, 4) is 0 Å². The molecule has 0 bridgehead atoms. The van der Waals surface area contributed by atoms with Gasteiger partial charge in [-0.05, 0) is 17.9 Å². The van der Waals surface area contributed by atoms with E-state index in [2.05, 4.69) is 13.8 Å². The van der Waals surface area contributed by atoms with Crippen LogP contribution in [0.1, 0.15) is 39.2 Å². The van der Waals surface area contributed by atoms with Gasteiger partial charge in [0.05, 0.1) is 18.6 Å². The van der Waals surface area contributed by atoms with Crippen molar-refractivity contribution in [2.75, 3.05) is 6.79 Å². The third-order valence-corrected chi connectivity index (χ3v) is 4.28. The Morgan fingerprint density at radius 1 is 1.32 bits per heavy atom. The van der Waals surface area contributed by atoms with Gasteiger partial charge in [-0.1, -0.05) is 57.5 Å². The largest absolute Gasteiger partial charge is 0.459 e. The predicted octanol–water partition coefficient (Wildman–Crippen LogP) is 3.54. The molecule has 22 heavy (non-hydrogen) atoms. The highest BCUT2D eigenvalue weighted by molar-refractivity contribution is 5.74. The molecule has 0 saturated carbocycles. The lowest BCUT2D eigenvalue weighted by Crippen LogP contribution is -2.35. The number of rotatable bonds is 8.